The van der Waals surface area contributed by atoms with Crippen molar-refractivity contribution in [3.8, 4) is 0 Å². The zero-order valence-corrected chi connectivity index (χ0v) is 19.4. The molecule has 34 heavy (non-hydrogen) atoms. The van der Waals surface area contributed by atoms with Crippen LogP contribution < -0.4 is 0 Å². The second kappa shape index (κ2) is 12.8. The molecule has 0 radical (unpaired) electrons. The number of aliphatic hydroxyl groups is 1. The summed E-state index contributed by atoms with van der Waals surface area (Å²) in [6.45, 7) is 1.41. The first-order valence-corrected chi connectivity index (χ1v) is 11.5. The Balaban J connectivity index is 1.48. The number of aliphatic hydroxyl groups excluding tert-OH is 1. The van der Waals surface area contributed by atoms with Crippen molar-refractivity contribution in [3.63, 3.8) is 0 Å². The highest BCUT2D eigenvalue weighted by Gasteiger charge is 2.47. The Morgan fingerprint density at radius 2 is 1.15 bits per heavy atom. The van der Waals surface area contributed by atoms with Gasteiger partial charge in [0.15, 0.2) is 6.29 Å². The van der Waals surface area contributed by atoms with E-state index in [1.165, 1.54) is 7.11 Å². The number of rotatable bonds is 11. The summed E-state index contributed by atoms with van der Waals surface area (Å²) in [6.07, 6.45) is -3.56. The minimum absolute atomic E-state index is 0.270. The summed E-state index contributed by atoms with van der Waals surface area (Å²) in [5, 5.41) is 11.0. The summed E-state index contributed by atoms with van der Waals surface area (Å²) in [5.74, 6) is 0. The molecule has 3 aromatic rings. The van der Waals surface area contributed by atoms with Crippen LogP contribution in [0.4, 0.5) is 0 Å². The van der Waals surface area contributed by atoms with Gasteiger partial charge in [-0.15, -0.1) is 0 Å². The first-order valence-electron chi connectivity index (χ1n) is 11.5. The van der Waals surface area contributed by atoms with Crippen molar-refractivity contribution in [1.29, 1.82) is 0 Å². The van der Waals surface area contributed by atoms with Crippen LogP contribution in [-0.2, 0) is 43.5 Å². The van der Waals surface area contributed by atoms with Crippen molar-refractivity contribution in [2.75, 3.05) is 13.7 Å². The molecule has 0 spiro atoms. The van der Waals surface area contributed by atoms with Gasteiger partial charge in [-0.25, -0.2) is 0 Å². The van der Waals surface area contributed by atoms with Crippen molar-refractivity contribution in [3.05, 3.63) is 108 Å². The van der Waals surface area contributed by atoms with Crippen LogP contribution >= 0.6 is 0 Å². The predicted octanol–water partition coefficient (Wildman–Crippen LogP) is 4.11. The molecule has 1 saturated heterocycles. The quantitative estimate of drug-likeness (QED) is 0.461. The monoisotopic (exact) mass is 464 g/mol. The van der Waals surface area contributed by atoms with E-state index in [1.54, 1.807) is 0 Å². The van der Waals surface area contributed by atoms with Gasteiger partial charge in [-0.05, 0) is 16.7 Å². The molecule has 0 aliphatic carbocycles. The molecule has 0 saturated carbocycles. The van der Waals surface area contributed by atoms with Crippen LogP contribution in [0.1, 0.15) is 16.7 Å². The van der Waals surface area contributed by atoms with E-state index in [0.29, 0.717) is 19.8 Å². The van der Waals surface area contributed by atoms with Crippen molar-refractivity contribution in [2.24, 2.45) is 0 Å². The maximum atomic E-state index is 11.0. The van der Waals surface area contributed by atoms with Gasteiger partial charge in [-0.3, -0.25) is 0 Å². The normalized spacial score (nSPS) is 24.7. The molecule has 1 aliphatic rings. The number of hydrogen-bond acceptors (Lipinski definition) is 6. The second-order valence-corrected chi connectivity index (χ2v) is 8.29. The Hall–Kier alpha value is -2.58. The van der Waals surface area contributed by atoms with E-state index in [2.05, 4.69) is 0 Å². The van der Waals surface area contributed by atoms with Crippen LogP contribution in [0.15, 0.2) is 91.0 Å². The summed E-state index contributed by atoms with van der Waals surface area (Å²) in [4.78, 5) is 0. The third-order valence-corrected chi connectivity index (χ3v) is 5.81. The minimum Gasteiger partial charge on any atom is -0.385 e. The van der Waals surface area contributed by atoms with Gasteiger partial charge in [-0.2, -0.15) is 0 Å². The Morgan fingerprint density at radius 3 is 1.65 bits per heavy atom. The molecule has 1 heterocycles. The van der Waals surface area contributed by atoms with Crippen LogP contribution in [0, 0.1) is 0 Å². The van der Waals surface area contributed by atoms with E-state index in [1.807, 2.05) is 91.0 Å². The van der Waals surface area contributed by atoms with Gasteiger partial charge in [0.1, 0.15) is 24.4 Å². The first-order chi connectivity index (χ1) is 16.7. The van der Waals surface area contributed by atoms with Crippen molar-refractivity contribution in [2.45, 2.75) is 50.5 Å². The molecule has 3 aromatic carbocycles. The van der Waals surface area contributed by atoms with Gasteiger partial charge < -0.3 is 28.8 Å². The molecule has 180 valence electrons. The maximum Gasteiger partial charge on any atom is 0.186 e. The van der Waals surface area contributed by atoms with Crippen LogP contribution in [0.25, 0.3) is 0 Å². The fraction of sp³-hybridized carbons (Fsp3) is 0.357. The van der Waals surface area contributed by atoms with E-state index >= 15 is 0 Å². The van der Waals surface area contributed by atoms with E-state index in [-0.39, 0.29) is 6.61 Å². The minimum atomic E-state index is -1.01. The van der Waals surface area contributed by atoms with Crippen LogP contribution in [0.2, 0.25) is 0 Å². The molecule has 1 N–H and O–H groups in total. The Bertz CT molecular complexity index is 952. The fourth-order valence-electron chi connectivity index (χ4n) is 4.02. The van der Waals surface area contributed by atoms with Gasteiger partial charge in [0.2, 0.25) is 0 Å². The lowest BCUT2D eigenvalue weighted by molar-refractivity contribution is -0.313. The van der Waals surface area contributed by atoms with Gasteiger partial charge in [0.05, 0.1) is 26.4 Å². The maximum absolute atomic E-state index is 11.0. The number of hydrogen-bond donors (Lipinski definition) is 1. The fourth-order valence-corrected chi connectivity index (χ4v) is 4.02. The highest BCUT2D eigenvalue weighted by Crippen LogP contribution is 2.28. The van der Waals surface area contributed by atoms with E-state index in [0.717, 1.165) is 16.7 Å². The molecule has 6 heteroatoms. The molecular weight excluding hydrogens is 432 g/mol. The third-order valence-electron chi connectivity index (χ3n) is 5.81. The predicted molar refractivity (Wildman–Crippen MR) is 128 cm³/mol. The average molecular weight is 465 g/mol. The average Bonchev–Trinajstić information content (AvgIpc) is 2.89. The van der Waals surface area contributed by atoms with Crippen molar-refractivity contribution < 1.29 is 28.8 Å². The SMILES string of the molecule is COC1OC(COCc2ccccc2)C(OCc2ccccc2)C(OCc2ccccc2)C1O. The lowest BCUT2D eigenvalue weighted by Gasteiger charge is -2.43. The van der Waals surface area contributed by atoms with Gasteiger partial charge >= 0.3 is 0 Å². The molecule has 0 amide bonds. The molecule has 0 aromatic heterocycles. The second-order valence-electron chi connectivity index (χ2n) is 8.29. The number of methoxy groups -OCH3 is 1. The zero-order chi connectivity index (χ0) is 23.6. The van der Waals surface area contributed by atoms with Gasteiger partial charge in [-0.1, -0.05) is 91.0 Å². The van der Waals surface area contributed by atoms with Gasteiger partial charge in [0.25, 0.3) is 0 Å². The molecule has 5 atom stereocenters. The lowest BCUT2D eigenvalue weighted by Crippen LogP contribution is -2.60. The summed E-state index contributed by atoms with van der Waals surface area (Å²) in [5.41, 5.74) is 3.10. The smallest absolute Gasteiger partial charge is 0.186 e. The summed E-state index contributed by atoms with van der Waals surface area (Å²) < 4.78 is 30.0. The van der Waals surface area contributed by atoms with E-state index in [4.69, 9.17) is 23.7 Å². The molecule has 6 nitrogen and oxygen atoms in total. The summed E-state index contributed by atoms with van der Waals surface area (Å²) in [7, 11) is 1.51. The standard InChI is InChI=1S/C28H32O6/c1-30-28-25(29)27(33-19-23-15-9-4-10-16-23)26(32-18-22-13-7-3-8-14-22)24(34-28)20-31-17-21-11-5-2-6-12-21/h2-16,24-29H,17-20H2,1H3. The number of benzene rings is 3. The summed E-state index contributed by atoms with van der Waals surface area (Å²) in [6, 6.07) is 29.7. The zero-order valence-electron chi connectivity index (χ0n) is 19.4. The van der Waals surface area contributed by atoms with Crippen LogP contribution in [-0.4, -0.2) is 49.5 Å². The van der Waals surface area contributed by atoms with Crippen molar-refractivity contribution in [1.82, 2.24) is 0 Å². The van der Waals surface area contributed by atoms with Crippen molar-refractivity contribution >= 4 is 0 Å². The highest BCUT2D eigenvalue weighted by molar-refractivity contribution is 5.15. The van der Waals surface area contributed by atoms with E-state index in [9.17, 15) is 5.11 Å². The van der Waals surface area contributed by atoms with Crippen LogP contribution in [0.3, 0.4) is 0 Å². The van der Waals surface area contributed by atoms with Crippen LogP contribution in [0.5, 0.6) is 0 Å². The Kier molecular flexibility index (Phi) is 9.21. The summed E-state index contributed by atoms with van der Waals surface area (Å²) >= 11 is 0. The molecule has 0 bridgehead atoms. The van der Waals surface area contributed by atoms with E-state index < -0.39 is 30.7 Å². The molecule has 1 aliphatic heterocycles. The van der Waals surface area contributed by atoms with Gasteiger partial charge in [0, 0.05) is 7.11 Å². The molecule has 5 unspecified atom stereocenters. The third kappa shape index (κ3) is 6.73. The molecule has 1 fully saturated rings. The highest BCUT2D eigenvalue weighted by atomic mass is 16.7. The Labute approximate surface area is 201 Å². The number of ether oxygens (including phenoxy) is 5. The lowest BCUT2D eigenvalue weighted by atomic mass is 9.98. The molecule has 4 rings (SSSR count). The Morgan fingerprint density at radius 1 is 0.676 bits per heavy atom. The largest absolute Gasteiger partial charge is 0.385 e. The topological polar surface area (TPSA) is 66.4 Å². The first kappa shape index (κ1) is 24.5. The molecular formula is C28H32O6.